The third kappa shape index (κ3) is 48.3. The summed E-state index contributed by atoms with van der Waals surface area (Å²) in [5.41, 5.74) is 0. The molecule has 0 saturated heterocycles. The van der Waals surface area contributed by atoms with Crippen LogP contribution in [0.2, 0.25) is 0 Å². The second-order valence-electron chi connectivity index (χ2n) is 18.6. The first kappa shape index (κ1) is 59.3. The summed E-state index contributed by atoms with van der Waals surface area (Å²) in [7, 11) is -4.71. The van der Waals surface area contributed by atoms with Crippen LogP contribution in [-0.2, 0) is 13.9 Å². The number of hydrogen-bond donors (Lipinski definition) is 4. The van der Waals surface area contributed by atoms with E-state index in [2.05, 4.69) is 23.7 Å². The van der Waals surface area contributed by atoms with Gasteiger partial charge in [0.05, 0.1) is 18.8 Å². The summed E-state index contributed by atoms with van der Waals surface area (Å²) in [6.45, 7) is 4.08. The molecule has 358 valence electrons. The highest BCUT2D eigenvalue weighted by Crippen LogP contribution is 2.36. The minimum atomic E-state index is -4.71. The summed E-state index contributed by atoms with van der Waals surface area (Å²) in [6, 6.07) is -0.905. The van der Waals surface area contributed by atoms with Gasteiger partial charge in [-0.2, -0.15) is 0 Å². The van der Waals surface area contributed by atoms with Crippen molar-refractivity contribution in [2.75, 3.05) is 6.61 Å². The minimum Gasteiger partial charge on any atom is -0.387 e. The topological polar surface area (TPSA) is 116 Å². The lowest BCUT2D eigenvalue weighted by Crippen LogP contribution is -2.45. The van der Waals surface area contributed by atoms with Gasteiger partial charge in [-0.15, -0.1) is 0 Å². The number of unbranched alkanes of at least 4 members (excludes halogenated alkanes) is 41. The fraction of sp³-hybridized carbons (Fsp3) is 0.942. The molecule has 0 aromatic heterocycles. The fourth-order valence-corrected chi connectivity index (χ4v) is 8.82. The number of phosphoric acid groups is 1. The molecule has 0 radical (unpaired) electrons. The minimum absolute atomic E-state index is 0.222. The molecule has 0 spiro atoms. The Morgan fingerprint density at radius 2 is 0.733 bits per heavy atom. The number of phosphoric ester groups is 1. The molecule has 1 amide bonds. The van der Waals surface area contributed by atoms with Gasteiger partial charge >= 0.3 is 7.82 Å². The highest BCUT2D eigenvalue weighted by atomic mass is 31.2. The maximum absolute atomic E-state index is 12.6. The van der Waals surface area contributed by atoms with Crippen LogP contribution in [-0.4, -0.2) is 39.6 Å². The summed E-state index contributed by atoms with van der Waals surface area (Å²) in [5, 5.41) is 13.4. The van der Waals surface area contributed by atoms with Gasteiger partial charge in [-0.3, -0.25) is 9.32 Å². The lowest BCUT2D eigenvalue weighted by molar-refractivity contribution is -0.123. The van der Waals surface area contributed by atoms with Crippen molar-refractivity contribution in [1.29, 1.82) is 0 Å². The Bertz CT molecular complexity index is 941. The highest BCUT2D eigenvalue weighted by Gasteiger charge is 2.24. The van der Waals surface area contributed by atoms with E-state index < -0.39 is 26.6 Å². The number of rotatable bonds is 50. The van der Waals surface area contributed by atoms with E-state index in [-0.39, 0.29) is 5.91 Å². The number of hydrogen-bond acceptors (Lipinski definition) is 4. The van der Waals surface area contributed by atoms with Crippen molar-refractivity contribution in [3.8, 4) is 0 Å². The van der Waals surface area contributed by atoms with Crippen molar-refractivity contribution in [1.82, 2.24) is 5.32 Å². The average molecular weight is 870 g/mol. The first-order valence-electron chi connectivity index (χ1n) is 26.6. The second kappa shape index (κ2) is 47.8. The van der Waals surface area contributed by atoms with E-state index in [1.54, 1.807) is 6.08 Å². The van der Waals surface area contributed by atoms with Crippen LogP contribution >= 0.6 is 7.82 Å². The van der Waals surface area contributed by atoms with Crippen LogP contribution in [0, 0.1) is 0 Å². The molecule has 0 aliphatic rings. The molecule has 0 aliphatic carbocycles. The predicted molar refractivity (Wildman–Crippen MR) is 260 cm³/mol. The van der Waals surface area contributed by atoms with E-state index >= 15 is 0 Å². The highest BCUT2D eigenvalue weighted by molar-refractivity contribution is 7.46. The number of amides is 1. The smallest absolute Gasteiger partial charge is 0.387 e. The lowest BCUT2D eigenvalue weighted by atomic mass is 10.0. The molecule has 60 heavy (non-hydrogen) atoms. The molecule has 0 aromatic rings. The number of aliphatic hydroxyl groups is 1. The monoisotopic (exact) mass is 870 g/mol. The molecule has 7 nitrogen and oxygen atoms in total. The lowest BCUT2D eigenvalue weighted by Gasteiger charge is -2.22. The third-order valence-corrected chi connectivity index (χ3v) is 13.0. The predicted octanol–water partition coefficient (Wildman–Crippen LogP) is 16.7. The first-order chi connectivity index (χ1) is 29.3. The molecular formula is C52H104NO6P. The van der Waals surface area contributed by atoms with Crippen molar-refractivity contribution in [3.05, 3.63) is 12.2 Å². The number of allylic oxidation sites excluding steroid dienone is 1. The Hall–Kier alpha value is -0.720. The van der Waals surface area contributed by atoms with Gasteiger partial charge in [0, 0.05) is 6.42 Å². The van der Waals surface area contributed by atoms with Crippen LogP contribution in [0.5, 0.6) is 0 Å². The standard InChI is InChI=1S/C52H104NO6P/c1-3-5-7-9-11-13-15-16-17-18-19-20-21-22-23-24-25-26-27-28-29-30-31-32-33-34-35-36-37-38-40-42-44-46-48-52(55)53-50(49-59-60(56,57)58)51(54)47-45-43-41-39-14-12-10-8-6-4-2/h45,47,50-51,54H,3-44,46,48-49H2,1-2H3,(H,53,55)(H2,56,57,58)/b47-45+/t50-,51+/m0/s1. The van der Waals surface area contributed by atoms with Gasteiger partial charge in [-0.25, -0.2) is 4.57 Å². The Morgan fingerprint density at radius 3 is 1.02 bits per heavy atom. The van der Waals surface area contributed by atoms with Gasteiger partial charge in [0.1, 0.15) is 0 Å². The van der Waals surface area contributed by atoms with Crippen molar-refractivity contribution < 1.29 is 28.8 Å². The molecule has 4 N–H and O–H groups in total. The first-order valence-corrected chi connectivity index (χ1v) is 28.2. The van der Waals surface area contributed by atoms with Crippen LogP contribution in [0.4, 0.5) is 0 Å². The molecule has 0 aromatic carbocycles. The van der Waals surface area contributed by atoms with E-state index in [1.165, 1.54) is 238 Å². The Kier molecular flexibility index (Phi) is 47.2. The van der Waals surface area contributed by atoms with Gasteiger partial charge in [0.15, 0.2) is 0 Å². The maximum Gasteiger partial charge on any atom is 0.469 e. The van der Waals surface area contributed by atoms with Crippen molar-refractivity contribution >= 4 is 13.7 Å². The summed E-state index contributed by atoms with van der Waals surface area (Å²) < 4.78 is 15.9. The van der Waals surface area contributed by atoms with Crippen LogP contribution in [0.15, 0.2) is 12.2 Å². The van der Waals surface area contributed by atoms with Crippen molar-refractivity contribution in [2.45, 2.75) is 309 Å². The molecule has 0 fully saturated rings. The zero-order valence-corrected chi connectivity index (χ0v) is 41.0. The van der Waals surface area contributed by atoms with Gasteiger partial charge in [-0.1, -0.05) is 283 Å². The van der Waals surface area contributed by atoms with Crippen molar-refractivity contribution in [2.24, 2.45) is 0 Å². The SMILES string of the molecule is CCCCCCCCCC/C=C/[C@@H](O)[C@H](COP(=O)(O)O)NC(=O)CCCCCCCCCCCCCCCCCCCCCCCCCCCCCCCCCCCC. The van der Waals surface area contributed by atoms with Gasteiger partial charge < -0.3 is 20.2 Å². The Balaban J connectivity index is 3.57. The molecule has 0 saturated carbocycles. The zero-order valence-electron chi connectivity index (χ0n) is 40.1. The molecule has 8 heteroatoms. The average Bonchev–Trinajstić information content (AvgIpc) is 3.22. The zero-order chi connectivity index (χ0) is 43.9. The molecule has 0 unspecified atom stereocenters. The van der Waals surface area contributed by atoms with Crippen LogP contribution in [0.1, 0.15) is 296 Å². The van der Waals surface area contributed by atoms with E-state index in [1.807, 2.05) is 6.08 Å². The largest absolute Gasteiger partial charge is 0.469 e. The molecule has 2 atom stereocenters. The van der Waals surface area contributed by atoms with Gasteiger partial charge in [0.2, 0.25) is 5.91 Å². The summed E-state index contributed by atoms with van der Waals surface area (Å²) in [4.78, 5) is 30.9. The van der Waals surface area contributed by atoms with E-state index in [0.717, 1.165) is 38.5 Å². The molecule has 0 aliphatic heterocycles. The van der Waals surface area contributed by atoms with E-state index in [0.29, 0.717) is 6.42 Å². The quantitative estimate of drug-likeness (QED) is 0.0275. The van der Waals surface area contributed by atoms with Crippen LogP contribution < -0.4 is 5.32 Å². The molecule has 0 rings (SSSR count). The van der Waals surface area contributed by atoms with E-state index in [9.17, 15) is 14.5 Å². The molecular weight excluding hydrogens is 766 g/mol. The number of carbonyl (C=O) groups is 1. The number of nitrogens with one attached hydrogen (secondary N) is 1. The van der Waals surface area contributed by atoms with Crippen LogP contribution in [0.25, 0.3) is 0 Å². The number of aliphatic hydroxyl groups excluding tert-OH is 1. The third-order valence-electron chi connectivity index (χ3n) is 12.5. The Labute approximate surface area is 373 Å². The maximum atomic E-state index is 12.6. The van der Waals surface area contributed by atoms with Gasteiger partial charge in [0.25, 0.3) is 0 Å². The second-order valence-corrected chi connectivity index (χ2v) is 19.8. The normalized spacial score (nSPS) is 13.1. The summed E-state index contributed by atoms with van der Waals surface area (Å²) in [5.74, 6) is -0.222. The summed E-state index contributed by atoms with van der Waals surface area (Å²) >= 11 is 0. The molecule has 0 heterocycles. The fourth-order valence-electron chi connectivity index (χ4n) is 8.46. The van der Waals surface area contributed by atoms with Crippen LogP contribution in [0.3, 0.4) is 0 Å². The number of carbonyl (C=O) groups excluding carboxylic acids is 1. The summed E-state index contributed by atoms with van der Waals surface area (Å²) in [6.07, 6.45) is 60.2. The molecule has 0 bridgehead atoms. The Morgan fingerprint density at radius 1 is 0.467 bits per heavy atom. The van der Waals surface area contributed by atoms with Crippen molar-refractivity contribution in [3.63, 3.8) is 0 Å². The van der Waals surface area contributed by atoms with Gasteiger partial charge in [-0.05, 0) is 19.3 Å². The van der Waals surface area contributed by atoms with E-state index in [4.69, 9.17) is 9.79 Å².